The minimum absolute atomic E-state index is 0.197. The van der Waals surface area contributed by atoms with E-state index in [1.54, 1.807) is 16.4 Å². The molecule has 0 spiro atoms. The van der Waals surface area contributed by atoms with Crippen molar-refractivity contribution >= 4 is 23.4 Å². The van der Waals surface area contributed by atoms with Crippen molar-refractivity contribution in [3.63, 3.8) is 0 Å². The van der Waals surface area contributed by atoms with Gasteiger partial charge in [0.1, 0.15) is 11.4 Å². The van der Waals surface area contributed by atoms with E-state index in [-0.39, 0.29) is 17.2 Å². The molecule has 0 saturated heterocycles. The van der Waals surface area contributed by atoms with Gasteiger partial charge in [-0.1, -0.05) is 36.4 Å². The van der Waals surface area contributed by atoms with E-state index in [1.165, 1.54) is 11.8 Å². The molecule has 1 N–H and O–H groups in total. The third-order valence-electron chi connectivity index (χ3n) is 4.63. The Balaban J connectivity index is 1.55. The second kappa shape index (κ2) is 9.52. The molecule has 0 fully saturated rings. The largest absolute Gasteiger partial charge is 0.492 e. The molecular weight excluding hydrogens is 386 g/mol. The van der Waals surface area contributed by atoms with Crippen LogP contribution in [0.4, 0.5) is 5.69 Å². The van der Waals surface area contributed by atoms with Gasteiger partial charge in [-0.2, -0.15) is 0 Å². The molecule has 3 aromatic rings. The predicted octanol–water partition coefficient (Wildman–Crippen LogP) is 3.54. The van der Waals surface area contributed by atoms with Crippen LogP contribution in [0.2, 0.25) is 0 Å². The summed E-state index contributed by atoms with van der Waals surface area (Å²) in [6.45, 7) is 4.34. The standard InChI is InChI=1S/C22H25N3O3S/c1-16-9-7-8-12-19(16)28-13-14-29-15-20(26)23-21-17(2)24(3)25(22(21)27)18-10-5-4-6-11-18/h4-12H,13-15H2,1-3H3,(H,23,26). The summed E-state index contributed by atoms with van der Waals surface area (Å²) in [5.41, 5.74) is 2.63. The summed E-state index contributed by atoms with van der Waals surface area (Å²) in [5.74, 6) is 1.61. The van der Waals surface area contributed by atoms with E-state index in [0.717, 1.165) is 17.0 Å². The first-order valence-electron chi connectivity index (χ1n) is 9.39. The lowest BCUT2D eigenvalue weighted by Crippen LogP contribution is -2.23. The van der Waals surface area contributed by atoms with Crippen LogP contribution in [0.3, 0.4) is 0 Å². The summed E-state index contributed by atoms with van der Waals surface area (Å²) in [6.07, 6.45) is 0. The average molecular weight is 412 g/mol. The Kier molecular flexibility index (Phi) is 6.82. The number of hydrogen-bond acceptors (Lipinski definition) is 4. The molecule has 0 unspecified atom stereocenters. The van der Waals surface area contributed by atoms with Gasteiger partial charge in [0.15, 0.2) is 0 Å². The summed E-state index contributed by atoms with van der Waals surface area (Å²) in [4.78, 5) is 25.1. The van der Waals surface area contributed by atoms with Crippen LogP contribution in [0.1, 0.15) is 11.3 Å². The number of nitrogens with zero attached hydrogens (tertiary/aromatic N) is 2. The Morgan fingerprint density at radius 2 is 1.76 bits per heavy atom. The highest BCUT2D eigenvalue weighted by atomic mass is 32.2. The summed E-state index contributed by atoms with van der Waals surface area (Å²) in [6, 6.07) is 17.2. The van der Waals surface area contributed by atoms with Gasteiger partial charge < -0.3 is 10.1 Å². The predicted molar refractivity (Wildman–Crippen MR) is 118 cm³/mol. The molecule has 3 rings (SSSR count). The maximum absolute atomic E-state index is 12.8. The van der Waals surface area contributed by atoms with E-state index in [4.69, 9.17) is 4.74 Å². The van der Waals surface area contributed by atoms with Crippen LogP contribution in [-0.4, -0.2) is 33.4 Å². The summed E-state index contributed by atoms with van der Waals surface area (Å²) in [7, 11) is 1.80. The Hall–Kier alpha value is -2.93. The molecule has 0 saturated carbocycles. The first kappa shape index (κ1) is 20.8. The van der Waals surface area contributed by atoms with Gasteiger partial charge in [-0.15, -0.1) is 11.8 Å². The molecule has 1 heterocycles. The number of anilines is 1. The number of hydrogen-bond donors (Lipinski definition) is 1. The van der Waals surface area contributed by atoms with Crippen molar-refractivity contribution in [2.75, 3.05) is 23.4 Å². The van der Waals surface area contributed by atoms with Gasteiger partial charge >= 0.3 is 0 Å². The number of benzene rings is 2. The Morgan fingerprint density at radius 1 is 1.07 bits per heavy atom. The van der Waals surface area contributed by atoms with Gasteiger partial charge in [0.25, 0.3) is 5.56 Å². The molecule has 6 nitrogen and oxygen atoms in total. The molecule has 1 amide bonds. The van der Waals surface area contributed by atoms with E-state index in [1.807, 2.05) is 68.4 Å². The number of nitrogens with one attached hydrogen (secondary N) is 1. The lowest BCUT2D eigenvalue weighted by molar-refractivity contribution is -0.113. The number of carbonyl (C=O) groups is 1. The van der Waals surface area contributed by atoms with Crippen LogP contribution in [-0.2, 0) is 11.8 Å². The summed E-state index contributed by atoms with van der Waals surface area (Å²) in [5, 5.41) is 2.77. The number of thioether (sulfide) groups is 1. The first-order chi connectivity index (χ1) is 14.0. The highest BCUT2D eigenvalue weighted by Gasteiger charge is 2.17. The van der Waals surface area contributed by atoms with Crippen LogP contribution in [0.15, 0.2) is 59.4 Å². The van der Waals surface area contributed by atoms with E-state index in [2.05, 4.69) is 5.32 Å². The van der Waals surface area contributed by atoms with Gasteiger partial charge in [-0.3, -0.25) is 14.3 Å². The van der Waals surface area contributed by atoms with Crippen LogP contribution in [0.5, 0.6) is 5.75 Å². The van der Waals surface area contributed by atoms with Gasteiger partial charge in [-0.05, 0) is 37.6 Å². The molecule has 0 aliphatic heterocycles. The highest BCUT2D eigenvalue weighted by molar-refractivity contribution is 7.99. The molecule has 29 heavy (non-hydrogen) atoms. The van der Waals surface area contributed by atoms with Crippen LogP contribution in [0.25, 0.3) is 5.69 Å². The molecule has 1 aromatic heterocycles. The number of amides is 1. The van der Waals surface area contributed by atoms with Gasteiger partial charge in [0.05, 0.1) is 23.7 Å². The molecule has 2 aromatic carbocycles. The molecule has 0 aliphatic carbocycles. The van der Waals surface area contributed by atoms with Crippen molar-refractivity contribution in [3.05, 3.63) is 76.2 Å². The van der Waals surface area contributed by atoms with Crippen LogP contribution in [0, 0.1) is 13.8 Å². The van der Waals surface area contributed by atoms with E-state index in [0.29, 0.717) is 23.7 Å². The van der Waals surface area contributed by atoms with Crippen LogP contribution < -0.4 is 15.6 Å². The topological polar surface area (TPSA) is 65.3 Å². The third-order valence-corrected chi connectivity index (χ3v) is 5.55. The molecule has 0 atom stereocenters. The number of rotatable bonds is 8. The van der Waals surface area contributed by atoms with Crippen molar-refractivity contribution in [1.29, 1.82) is 0 Å². The van der Waals surface area contributed by atoms with Gasteiger partial charge in [0.2, 0.25) is 5.91 Å². The van der Waals surface area contributed by atoms with E-state index in [9.17, 15) is 9.59 Å². The summed E-state index contributed by atoms with van der Waals surface area (Å²) >= 11 is 1.47. The average Bonchev–Trinajstić information content (AvgIpc) is 2.93. The second-order valence-corrected chi connectivity index (χ2v) is 7.76. The van der Waals surface area contributed by atoms with Gasteiger partial charge in [-0.25, -0.2) is 4.68 Å². The Bertz CT molecular complexity index is 1040. The van der Waals surface area contributed by atoms with E-state index < -0.39 is 0 Å². The van der Waals surface area contributed by atoms with Crippen molar-refractivity contribution < 1.29 is 9.53 Å². The van der Waals surface area contributed by atoms with Crippen molar-refractivity contribution in [2.24, 2.45) is 7.05 Å². The third kappa shape index (κ3) is 4.92. The maximum atomic E-state index is 12.8. The number of carbonyl (C=O) groups excluding carboxylic acids is 1. The van der Waals surface area contributed by atoms with Crippen molar-refractivity contribution in [3.8, 4) is 11.4 Å². The Morgan fingerprint density at radius 3 is 2.48 bits per heavy atom. The molecule has 7 heteroatoms. The zero-order chi connectivity index (χ0) is 20.8. The Labute approximate surface area is 174 Å². The van der Waals surface area contributed by atoms with Crippen molar-refractivity contribution in [2.45, 2.75) is 13.8 Å². The maximum Gasteiger partial charge on any atom is 0.295 e. The lowest BCUT2D eigenvalue weighted by atomic mass is 10.2. The molecule has 152 valence electrons. The van der Waals surface area contributed by atoms with Crippen LogP contribution >= 0.6 is 11.8 Å². The number of para-hydroxylation sites is 2. The summed E-state index contributed by atoms with van der Waals surface area (Å²) < 4.78 is 9.03. The minimum Gasteiger partial charge on any atom is -0.492 e. The normalized spacial score (nSPS) is 10.7. The monoisotopic (exact) mass is 411 g/mol. The number of aromatic nitrogens is 2. The van der Waals surface area contributed by atoms with Crippen molar-refractivity contribution in [1.82, 2.24) is 9.36 Å². The molecular formula is C22H25N3O3S. The molecule has 0 aliphatic rings. The van der Waals surface area contributed by atoms with E-state index >= 15 is 0 Å². The fraction of sp³-hybridized carbons (Fsp3) is 0.273. The number of ether oxygens (including phenoxy) is 1. The molecule has 0 radical (unpaired) electrons. The highest BCUT2D eigenvalue weighted by Crippen LogP contribution is 2.17. The quantitative estimate of drug-likeness (QED) is 0.576. The zero-order valence-corrected chi connectivity index (χ0v) is 17.7. The van der Waals surface area contributed by atoms with Gasteiger partial charge in [0, 0.05) is 12.8 Å². The second-order valence-electron chi connectivity index (χ2n) is 6.65. The first-order valence-corrected chi connectivity index (χ1v) is 10.5. The lowest BCUT2D eigenvalue weighted by Gasteiger charge is -2.08. The number of aryl methyl sites for hydroxylation is 1. The zero-order valence-electron chi connectivity index (χ0n) is 16.8. The molecule has 0 bridgehead atoms. The fourth-order valence-corrected chi connectivity index (χ4v) is 3.58. The minimum atomic E-state index is -0.238. The fourth-order valence-electron chi connectivity index (χ4n) is 2.98. The SMILES string of the molecule is Cc1ccccc1OCCSCC(=O)Nc1c(C)n(C)n(-c2ccccc2)c1=O. The smallest absolute Gasteiger partial charge is 0.295 e.